The molecule has 42 valence electrons. The maximum absolute atomic E-state index is 7.33. The second-order valence-electron chi connectivity index (χ2n) is 0.600. The van der Waals surface area contributed by atoms with Gasteiger partial charge in [0.15, 0.2) is 0 Å². The zero-order chi connectivity index (χ0) is 4.50. The molecule has 0 saturated carbocycles. The fourth-order valence-corrected chi connectivity index (χ4v) is 0. The van der Waals surface area contributed by atoms with E-state index in [2.05, 4.69) is 0 Å². The smallest absolute Gasteiger partial charge is 0.368 e. The summed E-state index contributed by atoms with van der Waals surface area (Å²) in [5.41, 5.74) is 0. The molecule has 0 saturated heterocycles. The molecule has 0 bridgehead atoms. The van der Waals surface area contributed by atoms with Crippen molar-refractivity contribution >= 4 is 22.5 Å². The standard InChI is InChI=1S/H4O4Si.H2S.Zn/c1-5(2,3)4;;/h1-4H;1H2;. The van der Waals surface area contributed by atoms with Crippen molar-refractivity contribution in [3.8, 4) is 0 Å². The van der Waals surface area contributed by atoms with Crippen LogP contribution >= 0.6 is 13.5 Å². The SMILES string of the molecule is O[Si](O)(O)O.S.[Zn]. The van der Waals surface area contributed by atoms with Crippen molar-refractivity contribution in [3.05, 3.63) is 0 Å². The Morgan fingerprint density at radius 2 is 0.857 bits per heavy atom. The van der Waals surface area contributed by atoms with Crippen molar-refractivity contribution in [3.63, 3.8) is 0 Å². The van der Waals surface area contributed by atoms with E-state index in [4.69, 9.17) is 19.2 Å². The molecule has 0 aliphatic heterocycles. The van der Waals surface area contributed by atoms with Crippen molar-refractivity contribution in [2.45, 2.75) is 0 Å². The Balaban J connectivity index is -0.0000000800. The second kappa shape index (κ2) is 5.17. The summed E-state index contributed by atoms with van der Waals surface area (Å²) in [5.74, 6) is 0. The molecule has 0 aliphatic rings. The van der Waals surface area contributed by atoms with E-state index in [-0.39, 0.29) is 33.0 Å². The first-order valence-corrected chi connectivity index (χ1v) is 2.68. The molecule has 0 amide bonds. The molecule has 0 atom stereocenters. The van der Waals surface area contributed by atoms with Crippen LogP contribution < -0.4 is 0 Å². The predicted molar refractivity (Wildman–Crippen MR) is 25.0 cm³/mol. The zero-order valence-corrected chi connectivity index (χ0v) is 8.46. The normalized spacial score (nSPS) is 8.57. The van der Waals surface area contributed by atoms with Gasteiger partial charge in [-0.1, -0.05) is 0 Å². The summed E-state index contributed by atoms with van der Waals surface area (Å²) in [5, 5.41) is 0. The van der Waals surface area contributed by atoms with Gasteiger partial charge in [0.1, 0.15) is 0 Å². The Labute approximate surface area is 61.5 Å². The van der Waals surface area contributed by atoms with E-state index >= 15 is 0 Å². The van der Waals surface area contributed by atoms with Crippen LogP contribution in [0, 0.1) is 0 Å². The molecule has 0 spiro atoms. The Hall–Kier alpha value is 1.03. The molecular formula is H6O4SSiZn. The molecule has 0 aromatic heterocycles. The van der Waals surface area contributed by atoms with Crippen molar-refractivity contribution in [1.29, 1.82) is 0 Å². The van der Waals surface area contributed by atoms with Crippen molar-refractivity contribution in [2.24, 2.45) is 0 Å². The van der Waals surface area contributed by atoms with Crippen LogP contribution in [0.1, 0.15) is 0 Å². The molecule has 0 aromatic carbocycles. The predicted octanol–water partition coefficient (Wildman–Crippen LogP) is -2.50. The molecular weight excluding hydrogens is 190 g/mol. The maximum Gasteiger partial charge on any atom is 0.668 e. The van der Waals surface area contributed by atoms with Gasteiger partial charge in [-0.3, -0.25) is 0 Å². The fraction of sp³-hybridized carbons (Fsp3) is 0. The fourth-order valence-electron chi connectivity index (χ4n) is 0. The first-order chi connectivity index (χ1) is 2.00. The largest absolute Gasteiger partial charge is 0.668 e. The van der Waals surface area contributed by atoms with Crippen LogP contribution in [-0.4, -0.2) is 28.2 Å². The minimum absolute atomic E-state index is 0. The number of hydrogen-bond donors (Lipinski definition) is 4. The van der Waals surface area contributed by atoms with E-state index in [0.29, 0.717) is 0 Å². The van der Waals surface area contributed by atoms with Gasteiger partial charge in [0, 0.05) is 19.5 Å². The van der Waals surface area contributed by atoms with E-state index < -0.39 is 9.05 Å². The molecule has 0 fully saturated rings. The molecule has 0 radical (unpaired) electrons. The van der Waals surface area contributed by atoms with E-state index in [0.717, 1.165) is 0 Å². The van der Waals surface area contributed by atoms with Crippen LogP contribution in [0.2, 0.25) is 0 Å². The summed E-state index contributed by atoms with van der Waals surface area (Å²) in [4.78, 5) is 29.3. The minimum atomic E-state index is -4.61. The third-order valence-electron chi connectivity index (χ3n) is 0. The van der Waals surface area contributed by atoms with Gasteiger partial charge in [-0.2, -0.15) is 13.5 Å². The van der Waals surface area contributed by atoms with E-state index in [1.807, 2.05) is 0 Å². The van der Waals surface area contributed by atoms with E-state index in [9.17, 15) is 0 Å². The Morgan fingerprint density at radius 1 is 0.857 bits per heavy atom. The van der Waals surface area contributed by atoms with E-state index in [1.165, 1.54) is 0 Å². The maximum atomic E-state index is 7.33. The topological polar surface area (TPSA) is 80.9 Å². The summed E-state index contributed by atoms with van der Waals surface area (Å²) < 4.78 is 0. The summed E-state index contributed by atoms with van der Waals surface area (Å²) in [7, 11) is -4.61. The van der Waals surface area contributed by atoms with Gasteiger partial charge in [0.05, 0.1) is 0 Å². The monoisotopic (exact) mass is 194 g/mol. The van der Waals surface area contributed by atoms with Gasteiger partial charge in [-0.05, 0) is 0 Å². The zero-order valence-electron chi connectivity index (χ0n) is 3.50. The molecule has 7 heteroatoms. The number of rotatable bonds is 0. The van der Waals surface area contributed by atoms with Gasteiger partial charge in [-0.25, -0.2) is 0 Å². The van der Waals surface area contributed by atoms with Gasteiger partial charge in [0.25, 0.3) is 0 Å². The van der Waals surface area contributed by atoms with Crippen LogP contribution in [0.5, 0.6) is 0 Å². The Morgan fingerprint density at radius 3 is 0.857 bits per heavy atom. The van der Waals surface area contributed by atoms with Gasteiger partial charge in [0.2, 0.25) is 0 Å². The average molecular weight is 196 g/mol. The quantitative estimate of drug-likeness (QED) is 0.322. The molecule has 0 aliphatic carbocycles. The van der Waals surface area contributed by atoms with Crippen LogP contribution in [-0.2, 0) is 19.5 Å². The van der Waals surface area contributed by atoms with Crippen LogP contribution in [0.4, 0.5) is 0 Å². The Kier molecular flexibility index (Phi) is 11.6. The van der Waals surface area contributed by atoms with Crippen molar-refractivity contribution < 1.29 is 38.7 Å². The molecule has 4 N–H and O–H groups in total. The molecule has 0 aromatic rings. The van der Waals surface area contributed by atoms with Crippen LogP contribution in [0.15, 0.2) is 0 Å². The molecule has 7 heavy (non-hydrogen) atoms. The third-order valence-corrected chi connectivity index (χ3v) is 0. The molecule has 0 heterocycles. The number of hydrogen-bond acceptors (Lipinski definition) is 4. The van der Waals surface area contributed by atoms with Crippen LogP contribution in [0.25, 0.3) is 0 Å². The second-order valence-corrected chi connectivity index (χ2v) is 1.80. The van der Waals surface area contributed by atoms with Gasteiger partial charge >= 0.3 is 9.05 Å². The minimum Gasteiger partial charge on any atom is -0.368 e. The molecule has 0 rings (SSSR count). The van der Waals surface area contributed by atoms with Crippen LogP contribution in [0.3, 0.4) is 0 Å². The Bertz CT molecular complexity index is 27.2. The third kappa shape index (κ3) is 168. The van der Waals surface area contributed by atoms with Crippen molar-refractivity contribution in [1.82, 2.24) is 0 Å². The van der Waals surface area contributed by atoms with Gasteiger partial charge in [-0.15, -0.1) is 0 Å². The summed E-state index contributed by atoms with van der Waals surface area (Å²) in [6.45, 7) is 0. The summed E-state index contributed by atoms with van der Waals surface area (Å²) in [6, 6.07) is 0. The van der Waals surface area contributed by atoms with Gasteiger partial charge < -0.3 is 19.2 Å². The first-order valence-electron chi connectivity index (χ1n) is 0.894. The average Bonchev–Trinajstić information content (AvgIpc) is 0.722. The molecule has 4 nitrogen and oxygen atoms in total. The first kappa shape index (κ1) is 15.7. The van der Waals surface area contributed by atoms with Crippen molar-refractivity contribution in [2.75, 3.05) is 0 Å². The molecule has 0 unspecified atom stereocenters. The summed E-state index contributed by atoms with van der Waals surface area (Å²) in [6.07, 6.45) is 0. The summed E-state index contributed by atoms with van der Waals surface area (Å²) >= 11 is 0. The van der Waals surface area contributed by atoms with E-state index in [1.54, 1.807) is 0 Å².